The third-order valence-corrected chi connectivity index (χ3v) is 4.40. The molecule has 118 valence electrons. The molecule has 0 saturated carbocycles. The summed E-state index contributed by atoms with van der Waals surface area (Å²) in [5, 5.41) is 8.34. The first-order valence-electron chi connectivity index (χ1n) is 8.01. The van der Waals surface area contributed by atoms with E-state index < -0.39 is 0 Å². The van der Waals surface area contributed by atoms with Crippen LogP contribution >= 0.6 is 0 Å². The molecule has 0 unspecified atom stereocenters. The van der Waals surface area contributed by atoms with Crippen molar-refractivity contribution in [2.24, 2.45) is 0 Å². The van der Waals surface area contributed by atoms with Crippen molar-refractivity contribution < 1.29 is 4.42 Å². The maximum Gasteiger partial charge on any atom is 0.221 e. The first-order chi connectivity index (χ1) is 10.7. The van der Waals surface area contributed by atoms with Crippen molar-refractivity contribution in [1.29, 1.82) is 0 Å². The Balaban J connectivity index is 1.71. The molecule has 0 aliphatic carbocycles. The Morgan fingerprint density at radius 3 is 2.73 bits per heavy atom. The quantitative estimate of drug-likeness (QED) is 0.864. The van der Waals surface area contributed by atoms with Crippen molar-refractivity contribution in [2.45, 2.75) is 58.5 Å². The molecular formula is C16H23N5O. The van der Waals surface area contributed by atoms with E-state index in [1.165, 1.54) is 0 Å². The summed E-state index contributed by atoms with van der Waals surface area (Å²) in [5.41, 5.74) is 1.09. The van der Waals surface area contributed by atoms with Gasteiger partial charge in [0.2, 0.25) is 11.8 Å². The van der Waals surface area contributed by atoms with Crippen LogP contribution < -0.4 is 0 Å². The number of aromatic nitrogens is 4. The first-order valence-corrected chi connectivity index (χ1v) is 8.01. The highest BCUT2D eigenvalue weighted by molar-refractivity contribution is 5.04. The molecule has 2 atom stereocenters. The molecule has 3 rings (SSSR count). The molecule has 0 bridgehead atoms. The lowest BCUT2D eigenvalue weighted by Gasteiger charge is -2.37. The highest BCUT2D eigenvalue weighted by atomic mass is 16.4. The number of likely N-dealkylation sites (tertiary alicyclic amines) is 1. The zero-order chi connectivity index (χ0) is 15.5. The van der Waals surface area contributed by atoms with Crippen molar-refractivity contribution in [3.8, 4) is 0 Å². The molecule has 0 spiro atoms. The van der Waals surface area contributed by atoms with Crippen LogP contribution in [0.3, 0.4) is 0 Å². The van der Waals surface area contributed by atoms with Gasteiger partial charge in [-0.15, -0.1) is 10.2 Å². The average molecular weight is 301 g/mol. The summed E-state index contributed by atoms with van der Waals surface area (Å²) in [7, 11) is 0. The van der Waals surface area contributed by atoms with Crippen LogP contribution in [-0.4, -0.2) is 37.7 Å². The summed E-state index contributed by atoms with van der Waals surface area (Å²) in [6, 6.07) is 0.351. The van der Waals surface area contributed by atoms with Gasteiger partial charge in [0.1, 0.15) is 5.82 Å². The Morgan fingerprint density at radius 2 is 2.05 bits per heavy atom. The molecule has 1 fully saturated rings. The van der Waals surface area contributed by atoms with E-state index in [1.54, 1.807) is 0 Å². The minimum absolute atomic E-state index is 0.298. The smallest absolute Gasteiger partial charge is 0.221 e. The molecule has 6 nitrogen and oxygen atoms in total. The van der Waals surface area contributed by atoms with Crippen molar-refractivity contribution in [3.63, 3.8) is 0 Å². The van der Waals surface area contributed by atoms with Crippen LogP contribution in [0, 0.1) is 6.92 Å². The van der Waals surface area contributed by atoms with Gasteiger partial charge in [0.15, 0.2) is 0 Å². The molecule has 22 heavy (non-hydrogen) atoms. The standard InChI is InChI=1S/C16H23N5O/c1-4-15-19-20-16(22-15)13-6-5-7-21(12(13)3)10-14-17-8-11(2)9-18-14/h8-9,12-13H,4-7,10H2,1-3H3/t12-,13-/m0/s1. The number of hydrogen-bond donors (Lipinski definition) is 0. The summed E-state index contributed by atoms with van der Waals surface area (Å²) >= 11 is 0. The van der Waals surface area contributed by atoms with Gasteiger partial charge in [0.25, 0.3) is 0 Å². The van der Waals surface area contributed by atoms with Crippen molar-refractivity contribution in [1.82, 2.24) is 25.1 Å². The molecular weight excluding hydrogens is 278 g/mol. The molecule has 2 aromatic heterocycles. The van der Waals surface area contributed by atoms with E-state index >= 15 is 0 Å². The van der Waals surface area contributed by atoms with Crippen molar-refractivity contribution in [3.05, 3.63) is 35.6 Å². The lowest BCUT2D eigenvalue weighted by molar-refractivity contribution is 0.115. The molecule has 1 saturated heterocycles. The van der Waals surface area contributed by atoms with Gasteiger partial charge >= 0.3 is 0 Å². The van der Waals surface area contributed by atoms with E-state index in [4.69, 9.17) is 4.42 Å². The van der Waals surface area contributed by atoms with Gasteiger partial charge in [0.05, 0.1) is 12.5 Å². The van der Waals surface area contributed by atoms with Crippen LogP contribution in [0.2, 0.25) is 0 Å². The normalized spacial score (nSPS) is 22.9. The van der Waals surface area contributed by atoms with Crippen LogP contribution in [0.25, 0.3) is 0 Å². The summed E-state index contributed by atoms with van der Waals surface area (Å²) in [6.45, 7) is 8.09. The van der Waals surface area contributed by atoms with E-state index in [0.29, 0.717) is 12.0 Å². The highest BCUT2D eigenvalue weighted by Crippen LogP contribution is 2.32. The minimum Gasteiger partial charge on any atom is -0.425 e. The van der Waals surface area contributed by atoms with E-state index in [1.807, 2.05) is 26.2 Å². The molecule has 1 aliphatic rings. The molecule has 0 N–H and O–H groups in total. The number of hydrogen-bond acceptors (Lipinski definition) is 6. The second kappa shape index (κ2) is 6.52. The Morgan fingerprint density at radius 1 is 1.27 bits per heavy atom. The van der Waals surface area contributed by atoms with Gasteiger partial charge in [-0.1, -0.05) is 6.92 Å². The van der Waals surface area contributed by atoms with Gasteiger partial charge in [-0.05, 0) is 38.8 Å². The van der Waals surface area contributed by atoms with Gasteiger partial charge in [-0.3, -0.25) is 4.90 Å². The van der Waals surface area contributed by atoms with E-state index in [0.717, 1.165) is 55.5 Å². The Labute approximate surface area is 131 Å². The predicted molar refractivity (Wildman–Crippen MR) is 82.3 cm³/mol. The van der Waals surface area contributed by atoms with Gasteiger partial charge in [-0.2, -0.15) is 0 Å². The topological polar surface area (TPSA) is 67.9 Å². The van der Waals surface area contributed by atoms with E-state index in [-0.39, 0.29) is 0 Å². The number of rotatable bonds is 4. The lowest BCUT2D eigenvalue weighted by atomic mass is 9.90. The summed E-state index contributed by atoms with van der Waals surface area (Å²) in [5.74, 6) is 2.67. The van der Waals surface area contributed by atoms with Crippen molar-refractivity contribution >= 4 is 0 Å². The molecule has 0 amide bonds. The predicted octanol–water partition coefficient (Wildman–Crippen LogP) is 2.50. The molecule has 0 aromatic carbocycles. The summed E-state index contributed by atoms with van der Waals surface area (Å²) < 4.78 is 5.78. The third-order valence-electron chi connectivity index (χ3n) is 4.40. The van der Waals surface area contributed by atoms with Crippen LogP contribution in [0.5, 0.6) is 0 Å². The lowest BCUT2D eigenvalue weighted by Crippen LogP contribution is -2.42. The highest BCUT2D eigenvalue weighted by Gasteiger charge is 2.33. The molecule has 2 aromatic rings. The molecule has 0 radical (unpaired) electrons. The third kappa shape index (κ3) is 3.16. The number of nitrogens with zero attached hydrogens (tertiary/aromatic N) is 5. The van der Waals surface area contributed by atoms with Gasteiger partial charge in [-0.25, -0.2) is 9.97 Å². The maximum absolute atomic E-state index is 5.78. The average Bonchev–Trinajstić information content (AvgIpc) is 3.00. The van der Waals surface area contributed by atoms with Crippen LogP contribution in [0.15, 0.2) is 16.8 Å². The fourth-order valence-electron chi connectivity index (χ4n) is 3.01. The molecule has 3 heterocycles. The van der Waals surface area contributed by atoms with Crippen LogP contribution in [-0.2, 0) is 13.0 Å². The number of aryl methyl sites for hydroxylation is 2. The Hall–Kier alpha value is -1.82. The summed E-state index contributed by atoms with van der Waals surface area (Å²) in [6.07, 6.45) is 6.76. The Kier molecular flexibility index (Phi) is 4.47. The zero-order valence-corrected chi connectivity index (χ0v) is 13.5. The first kappa shape index (κ1) is 15.1. The van der Waals surface area contributed by atoms with Crippen LogP contribution in [0.1, 0.15) is 55.8 Å². The maximum atomic E-state index is 5.78. The molecule has 6 heteroatoms. The molecule has 1 aliphatic heterocycles. The van der Waals surface area contributed by atoms with E-state index in [2.05, 4.69) is 32.0 Å². The minimum atomic E-state index is 0.298. The number of piperidine rings is 1. The SMILES string of the molecule is CCc1nnc([C@H]2CCCN(Cc3ncc(C)cn3)[C@H]2C)o1. The zero-order valence-electron chi connectivity index (χ0n) is 13.5. The van der Waals surface area contributed by atoms with Crippen molar-refractivity contribution in [2.75, 3.05) is 6.54 Å². The summed E-state index contributed by atoms with van der Waals surface area (Å²) in [4.78, 5) is 11.2. The van der Waals surface area contributed by atoms with Crippen LogP contribution in [0.4, 0.5) is 0 Å². The van der Waals surface area contributed by atoms with E-state index in [9.17, 15) is 0 Å². The monoisotopic (exact) mass is 301 g/mol. The second-order valence-corrected chi connectivity index (χ2v) is 6.02. The van der Waals surface area contributed by atoms with Gasteiger partial charge in [0, 0.05) is 24.9 Å². The largest absolute Gasteiger partial charge is 0.425 e. The van der Waals surface area contributed by atoms with Gasteiger partial charge < -0.3 is 4.42 Å². The fraction of sp³-hybridized carbons (Fsp3) is 0.625. The Bertz CT molecular complexity index is 609. The fourth-order valence-corrected chi connectivity index (χ4v) is 3.01. The second-order valence-electron chi connectivity index (χ2n) is 6.02.